The van der Waals surface area contributed by atoms with Crippen LogP contribution in [0.15, 0.2) is 0 Å². The van der Waals surface area contributed by atoms with Crippen LogP contribution in [0.5, 0.6) is 0 Å². The minimum atomic E-state index is -2.99. The molecule has 84 valence electrons. The van der Waals surface area contributed by atoms with E-state index in [1.807, 2.05) is 13.8 Å². The Balaban J connectivity index is 2.53. The van der Waals surface area contributed by atoms with Crippen LogP contribution in [-0.2, 0) is 10.0 Å². The van der Waals surface area contributed by atoms with Gasteiger partial charge in [-0.05, 0) is 13.3 Å². The van der Waals surface area contributed by atoms with Crippen molar-refractivity contribution in [2.45, 2.75) is 32.7 Å². The molecule has 0 aromatic rings. The van der Waals surface area contributed by atoms with E-state index in [9.17, 15) is 8.42 Å². The topological polar surface area (TPSA) is 49.4 Å². The van der Waals surface area contributed by atoms with Gasteiger partial charge in [-0.25, -0.2) is 8.42 Å². The Kier molecular flexibility index (Phi) is 4.34. The van der Waals surface area contributed by atoms with Gasteiger partial charge in [-0.3, -0.25) is 0 Å². The molecular formula is C9H20N2O2S. The minimum absolute atomic E-state index is 0.278. The first-order valence-corrected chi connectivity index (χ1v) is 6.88. The van der Waals surface area contributed by atoms with E-state index in [2.05, 4.69) is 5.32 Å². The maximum absolute atomic E-state index is 11.8. The van der Waals surface area contributed by atoms with Crippen molar-refractivity contribution < 1.29 is 8.42 Å². The van der Waals surface area contributed by atoms with E-state index in [0.29, 0.717) is 18.8 Å². The van der Waals surface area contributed by atoms with Gasteiger partial charge in [0, 0.05) is 25.7 Å². The molecule has 0 unspecified atom stereocenters. The van der Waals surface area contributed by atoms with E-state index in [1.165, 1.54) is 0 Å². The van der Waals surface area contributed by atoms with E-state index in [4.69, 9.17) is 0 Å². The summed E-state index contributed by atoms with van der Waals surface area (Å²) < 4.78 is 25.2. The molecule has 4 nitrogen and oxygen atoms in total. The maximum Gasteiger partial charge on any atom is 0.214 e. The molecule has 1 atom stereocenters. The molecule has 1 fully saturated rings. The molecule has 0 aliphatic carbocycles. The Labute approximate surface area is 86.7 Å². The average Bonchev–Trinajstić information content (AvgIpc) is 2.15. The van der Waals surface area contributed by atoms with Crippen LogP contribution in [0, 0.1) is 0 Å². The lowest BCUT2D eigenvalue weighted by atomic mass is 10.3. The van der Waals surface area contributed by atoms with Crippen molar-refractivity contribution in [2.24, 2.45) is 0 Å². The monoisotopic (exact) mass is 220 g/mol. The lowest BCUT2D eigenvalue weighted by Crippen LogP contribution is -2.51. The van der Waals surface area contributed by atoms with Crippen molar-refractivity contribution >= 4 is 10.0 Å². The molecule has 0 aromatic heterocycles. The molecule has 1 rings (SSSR count). The fourth-order valence-corrected chi connectivity index (χ4v) is 3.34. The van der Waals surface area contributed by atoms with Crippen molar-refractivity contribution in [1.82, 2.24) is 9.62 Å². The second-order valence-corrected chi connectivity index (χ2v) is 5.97. The third kappa shape index (κ3) is 3.22. The van der Waals surface area contributed by atoms with E-state index in [-0.39, 0.29) is 6.04 Å². The number of unbranched alkanes of at least 4 members (excludes halogenated alkanes) is 1. The van der Waals surface area contributed by atoms with Gasteiger partial charge in [-0.1, -0.05) is 13.3 Å². The number of nitrogens with one attached hydrogen (secondary N) is 1. The van der Waals surface area contributed by atoms with Gasteiger partial charge in [0.05, 0.1) is 5.75 Å². The van der Waals surface area contributed by atoms with Crippen LogP contribution in [0.3, 0.4) is 0 Å². The van der Waals surface area contributed by atoms with Crippen molar-refractivity contribution in [3.63, 3.8) is 0 Å². The highest BCUT2D eigenvalue weighted by Crippen LogP contribution is 2.08. The Bertz CT molecular complexity index is 264. The molecule has 1 aliphatic rings. The minimum Gasteiger partial charge on any atom is -0.312 e. The third-order valence-electron chi connectivity index (χ3n) is 2.48. The molecule has 1 saturated heterocycles. The number of nitrogens with zero attached hydrogens (tertiary/aromatic N) is 1. The Morgan fingerprint density at radius 1 is 1.50 bits per heavy atom. The van der Waals surface area contributed by atoms with Crippen LogP contribution in [0.1, 0.15) is 26.7 Å². The van der Waals surface area contributed by atoms with Crippen LogP contribution >= 0.6 is 0 Å². The zero-order valence-corrected chi connectivity index (χ0v) is 9.81. The summed E-state index contributed by atoms with van der Waals surface area (Å²) in [7, 11) is -2.99. The largest absolute Gasteiger partial charge is 0.312 e. The number of hydrogen-bond donors (Lipinski definition) is 1. The molecule has 0 saturated carbocycles. The first-order chi connectivity index (χ1) is 6.56. The van der Waals surface area contributed by atoms with E-state index < -0.39 is 10.0 Å². The standard InChI is InChI=1S/C9H20N2O2S/c1-3-4-7-14(12,13)11-6-5-10-9(2)8-11/h9-10H,3-8H2,1-2H3/t9-/m0/s1. The van der Waals surface area contributed by atoms with Gasteiger partial charge in [-0.2, -0.15) is 4.31 Å². The van der Waals surface area contributed by atoms with Gasteiger partial charge in [0.2, 0.25) is 10.0 Å². The number of rotatable bonds is 4. The number of hydrogen-bond acceptors (Lipinski definition) is 3. The van der Waals surface area contributed by atoms with Crippen molar-refractivity contribution in [3.8, 4) is 0 Å². The summed E-state index contributed by atoms with van der Waals surface area (Å²) in [5.41, 5.74) is 0. The molecule has 0 radical (unpaired) electrons. The van der Waals surface area contributed by atoms with Gasteiger partial charge in [0.15, 0.2) is 0 Å². The SMILES string of the molecule is CCCCS(=O)(=O)N1CCN[C@@H](C)C1. The second kappa shape index (κ2) is 5.09. The van der Waals surface area contributed by atoms with Crippen molar-refractivity contribution in [2.75, 3.05) is 25.4 Å². The molecule has 5 heteroatoms. The molecule has 14 heavy (non-hydrogen) atoms. The van der Waals surface area contributed by atoms with E-state index in [0.717, 1.165) is 19.4 Å². The summed E-state index contributed by atoms with van der Waals surface area (Å²) in [6.07, 6.45) is 1.70. The lowest BCUT2D eigenvalue weighted by molar-refractivity contribution is 0.310. The van der Waals surface area contributed by atoms with Crippen LogP contribution < -0.4 is 5.32 Å². The van der Waals surface area contributed by atoms with Gasteiger partial charge < -0.3 is 5.32 Å². The summed E-state index contributed by atoms with van der Waals surface area (Å²) >= 11 is 0. The van der Waals surface area contributed by atoms with Gasteiger partial charge in [0.25, 0.3) is 0 Å². The van der Waals surface area contributed by atoms with Gasteiger partial charge in [-0.15, -0.1) is 0 Å². The third-order valence-corrected chi connectivity index (χ3v) is 4.40. The zero-order valence-electron chi connectivity index (χ0n) is 8.99. The quantitative estimate of drug-likeness (QED) is 0.746. The molecule has 1 aliphatic heterocycles. The molecule has 1 heterocycles. The first kappa shape index (κ1) is 11.9. The smallest absolute Gasteiger partial charge is 0.214 e. The average molecular weight is 220 g/mol. The molecule has 1 N–H and O–H groups in total. The predicted molar refractivity (Wildman–Crippen MR) is 57.7 cm³/mol. The van der Waals surface area contributed by atoms with Gasteiger partial charge in [0.1, 0.15) is 0 Å². The molecule has 0 spiro atoms. The summed E-state index contributed by atoms with van der Waals surface area (Å²) in [5, 5.41) is 3.23. The molecular weight excluding hydrogens is 200 g/mol. The highest BCUT2D eigenvalue weighted by Gasteiger charge is 2.25. The Morgan fingerprint density at radius 2 is 2.21 bits per heavy atom. The Hall–Kier alpha value is -0.130. The fraction of sp³-hybridized carbons (Fsp3) is 1.00. The highest BCUT2D eigenvalue weighted by atomic mass is 32.2. The predicted octanol–water partition coefficient (Wildman–Crippen LogP) is 0.410. The lowest BCUT2D eigenvalue weighted by Gasteiger charge is -2.30. The van der Waals surface area contributed by atoms with Crippen molar-refractivity contribution in [1.29, 1.82) is 0 Å². The normalized spacial score (nSPS) is 25.1. The van der Waals surface area contributed by atoms with E-state index in [1.54, 1.807) is 4.31 Å². The van der Waals surface area contributed by atoms with Gasteiger partial charge >= 0.3 is 0 Å². The first-order valence-electron chi connectivity index (χ1n) is 5.27. The Morgan fingerprint density at radius 3 is 2.79 bits per heavy atom. The molecule has 0 bridgehead atoms. The molecule has 0 aromatic carbocycles. The van der Waals surface area contributed by atoms with Crippen LogP contribution in [0.25, 0.3) is 0 Å². The highest BCUT2D eigenvalue weighted by molar-refractivity contribution is 7.89. The van der Waals surface area contributed by atoms with Crippen LogP contribution in [-0.4, -0.2) is 44.2 Å². The second-order valence-electron chi connectivity index (χ2n) is 3.88. The van der Waals surface area contributed by atoms with Crippen molar-refractivity contribution in [3.05, 3.63) is 0 Å². The number of piperazine rings is 1. The molecule has 0 amide bonds. The summed E-state index contributed by atoms with van der Waals surface area (Å²) in [5.74, 6) is 0.302. The zero-order chi connectivity index (χ0) is 10.6. The fourth-order valence-electron chi connectivity index (χ4n) is 1.61. The van der Waals surface area contributed by atoms with E-state index >= 15 is 0 Å². The van der Waals surface area contributed by atoms with Crippen LogP contribution in [0.2, 0.25) is 0 Å². The maximum atomic E-state index is 11.8. The summed E-state index contributed by atoms with van der Waals surface area (Å²) in [6.45, 7) is 6.03. The van der Waals surface area contributed by atoms with Crippen LogP contribution in [0.4, 0.5) is 0 Å². The number of sulfonamides is 1. The summed E-state index contributed by atoms with van der Waals surface area (Å²) in [4.78, 5) is 0. The summed E-state index contributed by atoms with van der Waals surface area (Å²) in [6, 6.07) is 0.278.